The molecule has 42 heavy (non-hydrogen) atoms. The Morgan fingerprint density at radius 1 is 0.952 bits per heavy atom. The zero-order valence-electron chi connectivity index (χ0n) is 26.4. The molecular weight excluding hydrogens is 524 g/mol. The largest absolute Gasteiger partial charge is 0.423 e. The maximum absolute atomic E-state index is 12.7. The number of aliphatic hydroxyl groups is 2. The summed E-state index contributed by atoms with van der Waals surface area (Å²) in [5.41, 5.74) is 4.97. The van der Waals surface area contributed by atoms with E-state index < -0.39 is 23.8 Å². The molecule has 0 bridgehead atoms. The molecule has 0 spiro atoms. The highest BCUT2D eigenvalue weighted by Crippen LogP contribution is 2.52. The van der Waals surface area contributed by atoms with Gasteiger partial charge in [-0.2, -0.15) is 0 Å². The zero-order chi connectivity index (χ0) is 30.9. The molecule has 0 amide bonds. The topological polar surface area (TPSA) is 76.0 Å². The van der Waals surface area contributed by atoms with Gasteiger partial charge in [0.15, 0.2) is 0 Å². The molecule has 4 unspecified atom stereocenters. The summed E-state index contributed by atoms with van der Waals surface area (Å²) in [4.78, 5) is 12.7. The van der Waals surface area contributed by atoms with E-state index in [4.69, 9.17) is 9.47 Å². The Labute approximate surface area is 251 Å². The Morgan fingerprint density at radius 2 is 1.62 bits per heavy atom. The molecule has 1 saturated carbocycles. The SMILES string of the molecule is CC(C#CC1=C(C)CC(O)CC1(C)C)=CC=CC=CC=C(C)C=C1C=C(C2C=C3C(C)(C)CC(O)CC3(C)O2)C(=O)O1. The van der Waals surface area contributed by atoms with Crippen molar-refractivity contribution in [1.82, 2.24) is 0 Å². The van der Waals surface area contributed by atoms with Crippen molar-refractivity contribution in [2.75, 3.05) is 0 Å². The molecule has 0 aromatic heterocycles. The van der Waals surface area contributed by atoms with Crippen molar-refractivity contribution in [3.8, 4) is 11.8 Å². The van der Waals surface area contributed by atoms with Crippen molar-refractivity contribution in [1.29, 1.82) is 0 Å². The molecule has 4 rings (SSSR count). The van der Waals surface area contributed by atoms with Crippen molar-refractivity contribution < 1.29 is 24.5 Å². The number of hydrogen-bond donors (Lipinski definition) is 2. The predicted molar refractivity (Wildman–Crippen MR) is 168 cm³/mol. The molecule has 5 heteroatoms. The highest BCUT2D eigenvalue weighted by Gasteiger charge is 2.52. The van der Waals surface area contributed by atoms with E-state index in [0.717, 1.165) is 28.7 Å². The normalized spacial score (nSPS) is 32.2. The first-order chi connectivity index (χ1) is 19.6. The summed E-state index contributed by atoms with van der Waals surface area (Å²) in [6.07, 6.45) is 18.8. The zero-order valence-corrected chi connectivity index (χ0v) is 26.4. The van der Waals surface area contributed by atoms with Gasteiger partial charge < -0.3 is 19.7 Å². The lowest BCUT2D eigenvalue weighted by molar-refractivity contribution is -0.135. The average molecular weight is 571 g/mol. The van der Waals surface area contributed by atoms with Gasteiger partial charge in [0.2, 0.25) is 0 Å². The molecule has 2 aliphatic carbocycles. The molecule has 2 heterocycles. The predicted octanol–water partition coefficient (Wildman–Crippen LogP) is 7.12. The van der Waals surface area contributed by atoms with Crippen LogP contribution in [0.25, 0.3) is 0 Å². The third kappa shape index (κ3) is 7.24. The summed E-state index contributed by atoms with van der Waals surface area (Å²) in [6, 6.07) is 0. The fourth-order valence-electron chi connectivity index (χ4n) is 6.94. The summed E-state index contributed by atoms with van der Waals surface area (Å²) in [7, 11) is 0. The van der Waals surface area contributed by atoms with Crippen LogP contribution in [0.1, 0.15) is 81.1 Å². The first kappa shape index (κ1) is 31.8. The van der Waals surface area contributed by atoms with Crippen molar-refractivity contribution >= 4 is 5.97 Å². The molecule has 1 fully saturated rings. The van der Waals surface area contributed by atoms with Gasteiger partial charge in [0, 0.05) is 17.4 Å². The maximum Gasteiger partial charge on any atom is 0.342 e. The molecule has 4 aliphatic rings. The molecule has 0 radical (unpaired) electrons. The summed E-state index contributed by atoms with van der Waals surface area (Å²) in [5, 5.41) is 20.5. The van der Waals surface area contributed by atoms with E-state index in [0.29, 0.717) is 30.6 Å². The molecular formula is C37H46O5. The number of carbonyl (C=O) groups excluding carboxylic acids is 1. The smallest absolute Gasteiger partial charge is 0.342 e. The summed E-state index contributed by atoms with van der Waals surface area (Å²) in [6.45, 7) is 16.5. The van der Waals surface area contributed by atoms with Crippen LogP contribution in [0.4, 0.5) is 0 Å². The van der Waals surface area contributed by atoms with Gasteiger partial charge in [0.25, 0.3) is 0 Å². The van der Waals surface area contributed by atoms with E-state index in [1.54, 1.807) is 6.08 Å². The van der Waals surface area contributed by atoms with Gasteiger partial charge >= 0.3 is 5.97 Å². The minimum absolute atomic E-state index is 0.109. The Bertz CT molecular complexity index is 1430. The third-order valence-corrected chi connectivity index (χ3v) is 8.61. The summed E-state index contributed by atoms with van der Waals surface area (Å²) >= 11 is 0. The van der Waals surface area contributed by atoms with E-state index in [1.165, 1.54) is 5.57 Å². The number of allylic oxidation sites excluding steroid dienone is 11. The minimum Gasteiger partial charge on any atom is -0.423 e. The van der Waals surface area contributed by atoms with Gasteiger partial charge in [-0.15, -0.1) is 0 Å². The van der Waals surface area contributed by atoms with Crippen LogP contribution in [-0.4, -0.2) is 40.1 Å². The second kappa shape index (κ2) is 12.2. The van der Waals surface area contributed by atoms with Gasteiger partial charge in [-0.3, -0.25) is 0 Å². The second-order valence-electron chi connectivity index (χ2n) is 13.7. The number of fused-ring (bicyclic) bond motifs is 1. The van der Waals surface area contributed by atoms with Crippen LogP contribution in [-0.2, 0) is 14.3 Å². The number of rotatable bonds is 5. The van der Waals surface area contributed by atoms with Crippen LogP contribution in [0.3, 0.4) is 0 Å². The number of carbonyl (C=O) groups is 1. The number of hydrogen-bond acceptors (Lipinski definition) is 5. The molecule has 4 atom stereocenters. The Hall–Kier alpha value is -3.17. The van der Waals surface area contributed by atoms with Gasteiger partial charge in [0.05, 0.1) is 23.4 Å². The van der Waals surface area contributed by atoms with Crippen molar-refractivity contribution in [3.05, 3.63) is 93.9 Å². The minimum atomic E-state index is -0.582. The van der Waals surface area contributed by atoms with Crippen LogP contribution < -0.4 is 0 Å². The van der Waals surface area contributed by atoms with E-state index in [1.807, 2.05) is 69.4 Å². The molecule has 0 aromatic rings. The number of ether oxygens (including phenoxy) is 2. The average Bonchev–Trinajstić information content (AvgIpc) is 3.38. The van der Waals surface area contributed by atoms with Crippen molar-refractivity contribution in [2.24, 2.45) is 10.8 Å². The quantitative estimate of drug-likeness (QED) is 0.159. The number of esters is 1. The lowest BCUT2D eigenvalue weighted by Crippen LogP contribution is -2.45. The second-order valence-corrected chi connectivity index (χ2v) is 13.7. The van der Waals surface area contributed by atoms with Gasteiger partial charge in [-0.1, -0.05) is 81.6 Å². The number of aliphatic hydroxyl groups excluding tert-OH is 2. The molecule has 2 aliphatic heterocycles. The fourth-order valence-corrected chi connectivity index (χ4v) is 6.94. The molecule has 2 N–H and O–H groups in total. The third-order valence-electron chi connectivity index (χ3n) is 8.61. The van der Waals surface area contributed by atoms with Gasteiger partial charge in [-0.25, -0.2) is 4.79 Å². The van der Waals surface area contributed by atoms with E-state index in [-0.39, 0.29) is 16.9 Å². The highest BCUT2D eigenvalue weighted by atomic mass is 16.6. The monoisotopic (exact) mass is 570 g/mol. The van der Waals surface area contributed by atoms with E-state index >= 15 is 0 Å². The molecule has 0 aromatic carbocycles. The Morgan fingerprint density at radius 3 is 2.31 bits per heavy atom. The summed E-state index contributed by atoms with van der Waals surface area (Å²) in [5.74, 6) is 6.71. The van der Waals surface area contributed by atoms with E-state index in [9.17, 15) is 15.0 Å². The lowest BCUT2D eigenvalue weighted by Gasteiger charge is -2.44. The summed E-state index contributed by atoms with van der Waals surface area (Å²) < 4.78 is 11.9. The Balaban J connectivity index is 1.37. The maximum atomic E-state index is 12.7. The highest BCUT2D eigenvalue weighted by molar-refractivity contribution is 5.94. The molecule has 0 saturated heterocycles. The van der Waals surface area contributed by atoms with Gasteiger partial charge in [0.1, 0.15) is 11.9 Å². The first-order valence-corrected chi connectivity index (χ1v) is 14.9. The van der Waals surface area contributed by atoms with Gasteiger partial charge in [-0.05, 0) is 87.3 Å². The van der Waals surface area contributed by atoms with Crippen LogP contribution in [0.15, 0.2) is 93.9 Å². The van der Waals surface area contributed by atoms with Crippen LogP contribution in [0.5, 0.6) is 0 Å². The van der Waals surface area contributed by atoms with Crippen LogP contribution in [0, 0.1) is 22.7 Å². The van der Waals surface area contributed by atoms with Crippen molar-refractivity contribution in [2.45, 2.75) is 105 Å². The van der Waals surface area contributed by atoms with Crippen LogP contribution >= 0.6 is 0 Å². The van der Waals surface area contributed by atoms with Crippen LogP contribution in [0.2, 0.25) is 0 Å². The van der Waals surface area contributed by atoms with Crippen molar-refractivity contribution in [3.63, 3.8) is 0 Å². The van der Waals surface area contributed by atoms with E-state index in [2.05, 4.69) is 46.5 Å². The molecule has 224 valence electrons. The standard InChI is InChI=1S/C37H46O5/c1-24(15-16-31-26(3)18-27(38)21-35(31,4)5)13-11-9-10-12-14-25(2)17-29-19-30(34(40)41-29)32-20-33-36(6,7)22-28(39)23-37(33,8)42-32/h9-14,17,19-20,27-28,32,38-39H,18,21-23H2,1-8H3. The number of cyclic esters (lactones) is 1. The Kier molecular flexibility index (Phi) is 9.23. The fraction of sp³-hybridized carbons (Fsp3) is 0.486. The molecule has 5 nitrogen and oxygen atoms in total. The first-order valence-electron chi connectivity index (χ1n) is 14.9. The lowest BCUT2D eigenvalue weighted by atomic mass is 9.65.